The average molecular weight is 342 g/mol. The van der Waals surface area contributed by atoms with Crippen LogP contribution in [-0.2, 0) is 0 Å². The van der Waals surface area contributed by atoms with Gasteiger partial charge in [-0.2, -0.15) is 4.98 Å². The van der Waals surface area contributed by atoms with Crippen molar-refractivity contribution in [2.24, 2.45) is 0 Å². The van der Waals surface area contributed by atoms with E-state index in [9.17, 15) is 4.79 Å². The molecule has 6 nitrogen and oxygen atoms in total. The maximum absolute atomic E-state index is 11.6. The summed E-state index contributed by atoms with van der Waals surface area (Å²) < 4.78 is 5.35. The average Bonchev–Trinajstić information content (AvgIpc) is 3.22. The van der Waals surface area contributed by atoms with Crippen molar-refractivity contribution in [1.29, 1.82) is 0 Å². The molecule has 1 aromatic carbocycles. The van der Waals surface area contributed by atoms with Crippen LogP contribution in [0.5, 0.6) is 0 Å². The van der Waals surface area contributed by atoms with Crippen molar-refractivity contribution in [3.05, 3.63) is 41.3 Å². The van der Waals surface area contributed by atoms with Crippen LogP contribution in [0.3, 0.4) is 0 Å². The largest absolute Gasteiger partial charge is 0.338 e. The number of nitrogens with one attached hydrogen (secondary N) is 2. The Kier molecular flexibility index (Phi) is 4.90. The molecule has 0 aliphatic rings. The van der Waals surface area contributed by atoms with Gasteiger partial charge in [0.25, 0.3) is 5.89 Å². The van der Waals surface area contributed by atoms with Gasteiger partial charge in [-0.15, -0.1) is 11.3 Å². The van der Waals surface area contributed by atoms with Crippen LogP contribution in [0.2, 0.25) is 0 Å². The number of anilines is 1. The molecule has 0 aliphatic carbocycles. The topological polar surface area (TPSA) is 80.0 Å². The lowest BCUT2D eigenvalue weighted by atomic mass is 10.2. The molecule has 3 aromatic rings. The SMILES string of the molecule is CCCNC(=O)Nc1ccc(-c2noc(-c3sccc3C)n2)cc1. The third-order valence-corrected chi connectivity index (χ3v) is 4.42. The Morgan fingerprint density at radius 1 is 1.25 bits per heavy atom. The summed E-state index contributed by atoms with van der Waals surface area (Å²) in [4.78, 5) is 17.1. The molecule has 0 atom stereocenters. The number of hydrogen-bond donors (Lipinski definition) is 2. The standard InChI is InChI=1S/C17H18N4O2S/c1-3-9-18-17(22)19-13-6-4-12(5-7-13)15-20-16(23-21-15)14-11(2)8-10-24-14/h4-8,10H,3,9H2,1-2H3,(H2,18,19,22). The van der Waals surface area contributed by atoms with Crippen molar-refractivity contribution in [2.75, 3.05) is 11.9 Å². The molecule has 24 heavy (non-hydrogen) atoms. The van der Waals surface area contributed by atoms with Gasteiger partial charge in [-0.1, -0.05) is 12.1 Å². The Labute approximate surface area is 143 Å². The zero-order chi connectivity index (χ0) is 16.9. The molecule has 0 unspecified atom stereocenters. The summed E-state index contributed by atoms with van der Waals surface area (Å²) in [5.74, 6) is 1.05. The number of aryl methyl sites for hydroxylation is 1. The van der Waals surface area contributed by atoms with Crippen LogP contribution in [0.1, 0.15) is 18.9 Å². The summed E-state index contributed by atoms with van der Waals surface area (Å²) >= 11 is 1.58. The van der Waals surface area contributed by atoms with Crippen LogP contribution in [0, 0.1) is 6.92 Å². The summed E-state index contributed by atoms with van der Waals surface area (Å²) in [6.45, 7) is 4.67. The van der Waals surface area contributed by atoms with E-state index in [1.165, 1.54) is 0 Å². The predicted molar refractivity (Wildman–Crippen MR) is 95.1 cm³/mol. The minimum atomic E-state index is -0.209. The normalized spacial score (nSPS) is 10.6. The minimum Gasteiger partial charge on any atom is -0.338 e. The number of carbonyl (C=O) groups is 1. The summed E-state index contributed by atoms with van der Waals surface area (Å²) in [5.41, 5.74) is 2.66. The highest BCUT2D eigenvalue weighted by atomic mass is 32.1. The minimum absolute atomic E-state index is 0.209. The van der Waals surface area contributed by atoms with E-state index in [0.29, 0.717) is 23.9 Å². The number of hydrogen-bond acceptors (Lipinski definition) is 5. The number of benzene rings is 1. The second-order valence-electron chi connectivity index (χ2n) is 5.31. The van der Waals surface area contributed by atoms with Gasteiger partial charge in [0.05, 0.1) is 4.88 Å². The molecule has 2 heterocycles. The quantitative estimate of drug-likeness (QED) is 0.724. The first-order chi connectivity index (χ1) is 11.7. The Hall–Kier alpha value is -2.67. The van der Waals surface area contributed by atoms with Gasteiger partial charge in [0.2, 0.25) is 5.82 Å². The maximum Gasteiger partial charge on any atom is 0.319 e. The van der Waals surface area contributed by atoms with Crippen molar-refractivity contribution < 1.29 is 9.32 Å². The van der Waals surface area contributed by atoms with Gasteiger partial charge in [-0.3, -0.25) is 0 Å². The number of thiophene rings is 1. The van der Waals surface area contributed by atoms with Gasteiger partial charge in [-0.25, -0.2) is 4.79 Å². The number of rotatable bonds is 5. The summed E-state index contributed by atoms with van der Waals surface area (Å²) in [5, 5.41) is 11.6. The fourth-order valence-corrected chi connectivity index (χ4v) is 2.99. The van der Waals surface area contributed by atoms with Crippen LogP contribution in [0.25, 0.3) is 22.2 Å². The molecule has 2 amide bonds. The molecule has 0 fully saturated rings. The third kappa shape index (κ3) is 3.62. The van der Waals surface area contributed by atoms with Crippen molar-refractivity contribution in [2.45, 2.75) is 20.3 Å². The highest BCUT2D eigenvalue weighted by molar-refractivity contribution is 7.13. The lowest BCUT2D eigenvalue weighted by Gasteiger charge is -2.06. The zero-order valence-corrected chi connectivity index (χ0v) is 14.3. The number of aromatic nitrogens is 2. The van der Waals surface area contributed by atoms with Crippen molar-refractivity contribution >= 4 is 23.1 Å². The summed E-state index contributed by atoms with van der Waals surface area (Å²) in [7, 11) is 0. The molecule has 7 heteroatoms. The van der Waals surface area contributed by atoms with Crippen molar-refractivity contribution in [3.63, 3.8) is 0 Å². The Morgan fingerprint density at radius 2 is 2.04 bits per heavy atom. The fraction of sp³-hybridized carbons (Fsp3) is 0.235. The highest BCUT2D eigenvalue weighted by Crippen LogP contribution is 2.29. The molecular weight excluding hydrogens is 324 g/mol. The maximum atomic E-state index is 11.6. The van der Waals surface area contributed by atoms with Gasteiger partial charge in [0.1, 0.15) is 0 Å². The van der Waals surface area contributed by atoms with E-state index in [1.807, 2.05) is 49.6 Å². The van der Waals surface area contributed by atoms with E-state index < -0.39 is 0 Å². The predicted octanol–water partition coefficient (Wildman–Crippen LogP) is 4.31. The molecule has 0 saturated heterocycles. The van der Waals surface area contributed by atoms with Gasteiger partial charge >= 0.3 is 6.03 Å². The van der Waals surface area contributed by atoms with E-state index in [-0.39, 0.29) is 6.03 Å². The molecule has 2 N–H and O–H groups in total. The number of urea groups is 1. The van der Waals surface area contributed by atoms with Gasteiger partial charge < -0.3 is 15.2 Å². The Bertz CT molecular complexity index is 823. The molecule has 124 valence electrons. The molecule has 0 radical (unpaired) electrons. The van der Waals surface area contributed by atoms with Crippen molar-refractivity contribution in [3.8, 4) is 22.2 Å². The lowest BCUT2D eigenvalue weighted by molar-refractivity contribution is 0.252. The van der Waals surface area contributed by atoms with Crippen LogP contribution in [-0.4, -0.2) is 22.7 Å². The molecular formula is C17H18N4O2S. The first-order valence-electron chi connectivity index (χ1n) is 7.71. The summed E-state index contributed by atoms with van der Waals surface area (Å²) in [6, 6.07) is 9.14. The van der Waals surface area contributed by atoms with E-state index in [0.717, 1.165) is 22.4 Å². The first-order valence-corrected chi connectivity index (χ1v) is 8.59. The van der Waals surface area contributed by atoms with Crippen LogP contribution in [0.15, 0.2) is 40.2 Å². The van der Waals surface area contributed by atoms with Gasteiger partial charge in [0, 0.05) is 17.8 Å². The number of amides is 2. The summed E-state index contributed by atoms with van der Waals surface area (Å²) in [6.07, 6.45) is 0.899. The van der Waals surface area contributed by atoms with E-state index >= 15 is 0 Å². The molecule has 0 saturated carbocycles. The zero-order valence-electron chi connectivity index (χ0n) is 13.5. The van der Waals surface area contributed by atoms with Gasteiger partial charge in [-0.05, 0) is 54.6 Å². The third-order valence-electron chi connectivity index (χ3n) is 3.42. The van der Waals surface area contributed by atoms with Gasteiger partial charge in [0.15, 0.2) is 0 Å². The molecule has 0 spiro atoms. The van der Waals surface area contributed by atoms with E-state index in [4.69, 9.17) is 4.52 Å². The van der Waals surface area contributed by atoms with Crippen LogP contribution < -0.4 is 10.6 Å². The molecule has 3 rings (SSSR count). The number of carbonyl (C=O) groups excluding carboxylic acids is 1. The van der Waals surface area contributed by atoms with Crippen molar-refractivity contribution in [1.82, 2.24) is 15.5 Å². The molecule has 2 aromatic heterocycles. The monoisotopic (exact) mass is 342 g/mol. The molecule has 0 aliphatic heterocycles. The van der Waals surface area contributed by atoms with Crippen LogP contribution >= 0.6 is 11.3 Å². The second kappa shape index (κ2) is 7.27. The second-order valence-corrected chi connectivity index (χ2v) is 6.23. The van der Waals surface area contributed by atoms with Crippen LogP contribution in [0.4, 0.5) is 10.5 Å². The van der Waals surface area contributed by atoms with E-state index in [2.05, 4.69) is 20.8 Å². The fourth-order valence-electron chi connectivity index (χ4n) is 2.14. The first kappa shape index (κ1) is 16.2. The Balaban J connectivity index is 1.71. The smallest absolute Gasteiger partial charge is 0.319 e. The lowest BCUT2D eigenvalue weighted by Crippen LogP contribution is -2.29. The number of nitrogens with zero attached hydrogens (tertiary/aromatic N) is 2. The Morgan fingerprint density at radius 3 is 2.71 bits per heavy atom. The van der Waals surface area contributed by atoms with E-state index in [1.54, 1.807) is 11.3 Å². The highest BCUT2D eigenvalue weighted by Gasteiger charge is 2.13. The molecule has 0 bridgehead atoms.